The zero-order valence-electron chi connectivity index (χ0n) is 15.8. The Morgan fingerprint density at radius 2 is 1.63 bits per heavy atom. The van der Waals surface area contributed by atoms with Crippen molar-refractivity contribution in [3.63, 3.8) is 0 Å². The van der Waals surface area contributed by atoms with Gasteiger partial charge < -0.3 is 9.57 Å². The molecule has 0 radical (unpaired) electrons. The summed E-state index contributed by atoms with van der Waals surface area (Å²) in [7, 11) is 0. The Kier molecular flexibility index (Phi) is 7.03. The minimum atomic E-state index is -0.461. The molecule has 142 valence electrons. The van der Waals surface area contributed by atoms with Crippen molar-refractivity contribution in [2.45, 2.75) is 51.7 Å². The molecule has 2 aromatic carbocycles. The average Bonchev–Trinajstić information content (AvgIpc) is 2.73. The lowest BCUT2D eigenvalue weighted by molar-refractivity contribution is -0.151. The van der Waals surface area contributed by atoms with Gasteiger partial charge in [0.05, 0.1) is 5.92 Å². The maximum Gasteiger partial charge on any atom is 0.309 e. The van der Waals surface area contributed by atoms with Crippen molar-refractivity contribution in [1.29, 1.82) is 0 Å². The van der Waals surface area contributed by atoms with Crippen LogP contribution in [-0.4, -0.2) is 17.8 Å². The van der Waals surface area contributed by atoms with E-state index in [4.69, 9.17) is 9.57 Å². The van der Waals surface area contributed by atoms with E-state index >= 15 is 0 Å². The SMILES string of the molecule is C[C@@H](OC(=O)C1CCCCC1)/C(=N/OCc1ccccc1)c1ccccc1. The molecule has 3 rings (SSSR count). The summed E-state index contributed by atoms with van der Waals surface area (Å²) in [6, 6.07) is 19.6. The first kappa shape index (κ1) is 19.2. The van der Waals surface area contributed by atoms with E-state index in [9.17, 15) is 4.79 Å². The van der Waals surface area contributed by atoms with Gasteiger partial charge in [-0.2, -0.15) is 0 Å². The van der Waals surface area contributed by atoms with Crippen molar-refractivity contribution >= 4 is 11.7 Å². The smallest absolute Gasteiger partial charge is 0.309 e. The largest absolute Gasteiger partial charge is 0.456 e. The van der Waals surface area contributed by atoms with Gasteiger partial charge in [0.2, 0.25) is 0 Å². The lowest BCUT2D eigenvalue weighted by Crippen LogP contribution is -2.30. The van der Waals surface area contributed by atoms with Crippen LogP contribution in [-0.2, 0) is 21.0 Å². The molecule has 1 aliphatic carbocycles. The van der Waals surface area contributed by atoms with Gasteiger partial charge in [-0.05, 0) is 25.3 Å². The molecule has 0 spiro atoms. The molecule has 0 heterocycles. The molecule has 1 saturated carbocycles. The first-order chi connectivity index (χ1) is 13.2. The summed E-state index contributed by atoms with van der Waals surface area (Å²) in [5.41, 5.74) is 2.57. The van der Waals surface area contributed by atoms with Crippen LogP contribution in [0.3, 0.4) is 0 Å². The Labute approximate surface area is 161 Å². The number of hydrogen-bond acceptors (Lipinski definition) is 4. The quantitative estimate of drug-likeness (QED) is 0.389. The van der Waals surface area contributed by atoms with Crippen LogP contribution in [0.1, 0.15) is 50.2 Å². The van der Waals surface area contributed by atoms with Crippen LogP contribution in [0, 0.1) is 5.92 Å². The monoisotopic (exact) mass is 365 g/mol. The van der Waals surface area contributed by atoms with E-state index in [0.717, 1.165) is 36.8 Å². The minimum Gasteiger partial charge on any atom is -0.456 e. The van der Waals surface area contributed by atoms with Gasteiger partial charge in [-0.25, -0.2) is 0 Å². The summed E-state index contributed by atoms with van der Waals surface area (Å²) in [5, 5.41) is 4.33. The number of oxime groups is 1. The summed E-state index contributed by atoms with van der Waals surface area (Å²) in [6.07, 6.45) is 4.81. The van der Waals surface area contributed by atoms with E-state index in [2.05, 4.69) is 5.16 Å². The normalized spacial score (nSPS) is 16.6. The Hall–Kier alpha value is -2.62. The summed E-state index contributed by atoms with van der Waals surface area (Å²) < 4.78 is 5.76. The van der Waals surface area contributed by atoms with Gasteiger partial charge in [0, 0.05) is 5.56 Å². The molecule has 0 bridgehead atoms. The highest BCUT2D eigenvalue weighted by molar-refractivity contribution is 6.04. The summed E-state index contributed by atoms with van der Waals surface area (Å²) in [6.45, 7) is 2.24. The van der Waals surface area contributed by atoms with E-state index in [1.54, 1.807) is 0 Å². The van der Waals surface area contributed by atoms with Crippen LogP contribution < -0.4 is 0 Å². The average molecular weight is 365 g/mol. The van der Waals surface area contributed by atoms with Gasteiger partial charge in [0.1, 0.15) is 18.4 Å². The summed E-state index contributed by atoms with van der Waals surface area (Å²) in [5.74, 6) is -0.0997. The highest BCUT2D eigenvalue weighted by Crippen LogP contribution is 2.25. The predicted octanol–water partition coefficient (Wildman–Crippen LogP) is 5.12. The van der Waals surface area contributed by atoms with E-state index < -0.39 is 6.10 Å². The first-order valence-electron chi connectivity index (χ1n) is 9.73. The third kappa shape index (κ3) is 5.68. The second-order valence-corrected chi connectivity index (χ2v) is 7.02. The predicted molar refractivity (Wildman–Crippen MR) is 106 cm³/mol. The molecule has 0 aliphatic heterocycles. The number of carbonyl (C=O) groups excluding carboxylic acids is 1. The molecule has 1 atom stereocenters. The lowest BCUT2D eigenvalue weighted by atomic mass is 9.89. The number of nitrogens with zero attached hydrogens (tertiary/aromatic N) is 1. The molecule has 0 aromatic heterocycles. The standard InChI is InChI=1S/C23H27NO3/c1-18(27-23(25)21-15-9-4-10-16-21)22(20-13-7-3-8-14-20)24-26-17-19-11-5-2-6-12-19/h2-3,5-8,11-14,18,21H,4,9-10,15-17H2,1H3/b24-22-/t18-/m1/s1. The Morgan fingerprint density at radius 3 is 2.30 bits per heavy atom. The van der Waals surface area contributed by atoms with Gasteiger partial charge >= 0.3 is 5.97 Å². The lowest BCUT2D eigenvalue weighted by Gasteiger charge is -2.23. The van der Waals surface area contributed by atoms with Crippen LogP contribution in [0.2, 0.25) is 0 Å². The van der Waals surface area contributed by atoms with Crippen molar-refractivity contribution in [3.05, 3.63) is 71.8 Å². The summed E-state index contributed by atoms with van der Waals surface area (Å²) in [4.78, 5) is 18.1. The number of hydrogen-bond donors (Lipinski definition) is 0. The fourth-order valence-corrected chi connectivity index (χ4v) is 3.39. The van der Waals surface area contributed by atoms with Gasteiger partial charge in [0.25, 0.3) is 0 Å². The molecule has 2 aromatic rings. The number of ether oxygens (including phenoxy) is 1. The zero-order chi connectivity index (χ0) is 18.9. The van der Waals surface area contributed by atoms with E-state index in [-0.39, 0.29) is 11.9 Å². The second-order valence-electron chi connectivity index (χ2n) is 7.02. The Balaban J connectivity index is 1.69. The van der Waals surface area contributed by atoms with Crippen LogP contribution in [0.5, 0.6) is 0 Å². The molecular weight excluding hydrogens is 338 g/mol. The first-order valence-corrected chi connectivity index (χ1v) is 9.73. The highest BCUT2D eigenvalue weighted by atomic mass is 16.6. The van der Waals surface area contributed by atoms with Crippen molar-refractivity contribution in [2.24, 2.45) is 11.1 Å². The van der Waals surface area contributed by atoms with Crippen molar-refractivity contribution in [2.75, 3.05) is 0 Å². The van der Waals surface area contributed by atoms with Crippen molar-refractivity contribution < 1.29 is 14.4 Å². The molecule has 1 aliphatic rings. The molecule has 27 heavy (non-hydrogen) atoms. The van der Waals surface area contributed by atoms with Gasteiger partial charge in [-0.15, -0.1) is 0 Å². The fourth-order valence-electron chi connectivity index (χ4n) is 3.39. The third-order valence-electron chi connectivity index (χ3n) is 4.92. The number of benzene rings is 2. The van der Waals surface area contributed by atoms with Crippen LogP contribution in [0.15, 0.2) is 65.8 Å². The molecule has 4 heteroatoms. The topological polar surface area (TPSA) is 47.9 Å². The molecule has 0 amide bonds. The van der Waals surface area contributed by atoms with Gasteiger partial charge in [-0.3, -0.25) is 4.79 Å². The molecule has 4 nitrogen and oxygen atoms in total. The van der Waals surface area contributed by atoms with E-state index in [1.165, 1.54) is 6.42 Å². The van der Waals surface area contributed by atoms with Crippen molar-refractivity contribution in [3.8, 4) is 0 Å². The fraction of sp³-hybridized carbons (Fsp3) is 0.391. The van der Waals surface area contributed by atoms with Crippen LogP contribution in [0.4, 0.5) is 0 Å². The second kappa shape index (κ2) is 9.91. The maximum atomic E-state index is 12.5. The maximum absolute atomic E-state index is 12.5. The van der Waals surface area contributed by atoms with Crippen molar-refractivity contribution in [1.82, 2.24) is 0 Å². The molecule has 0 N–H and O–H groups in total. The number of rotatable bonds is 7. The van der Waals surface area contributed by atoms with E-state index in [1.807, 2.05) is 67.6 Å². The Bertz CT molecular complexity index is 737. The zero-order valence-corrected chi connectivity index (χ0v) is 15.8. The van der Waals surface area contributed by atoms with Gasteiger partial charge in [0.15, 0.2) is 0 Å². The number of carbonyl (C=O) groups is 1. The summed E-state index contributed by atoms with van der Waals surface area (Å²) >= 11 is 0. The molecule has 1 fully saturated rings. The van der Waals surface area contributed by atoms with Crippen LogP contribution >= 0.6 is 0 Å². The molecule has 0 saturated heterocycles. The van der Waals surface area contributed by atoms with E-state index in [0.29, 0.717) is 12.3 Å². The molecular formula is C23H27NO3. The number of esters is 1. The van der Waals surface area contributed by atoms with Gasteiger partial charge in [-0.1, -0.05) is 85.1 Å². The third-order valence-corrected chi connectivity index (χ3v) is 4.92. The molecule has 0 unspecified atom stereocenters. The Morgan fingerprint density at radius 1 is 1.00 bits per heavy atom. The van der Waals surface area contributed by atoms with Crippen LogP contribution in [0.25, 0.3) is 0 Å². The highest BCUT2D eigenvalue weighted by Gasteiger charge is 2.26. The minimum absolute atomic E-state index is 0.0171.